The highest BCUT2D eigenvalue weighted by Gasteiger charge is 2.21. The topological polar surface area (TPSA) is 75.7 Å². The second-order valence-electron chi connectivity index (χ2n) is 5.82. The Morgan fingerprint density at radius 1 is 1.15 bits per heavy atom. The number of carbonyl (C=O) groups excluding carboxylic acids is 1. The van der Waals surface area contributed by atoms with Crippen molar-refractivity contribution in [2.45, 2.75) is 31.8 Å². The molecular weight excluding hydrogens is 388 g/mol. The number of nitrogens with zero attached hydrogens (tertiary/aromatic N) is 1. The molecule has 0 aliphatic heterocycles. The SMILES string of the molecule is CCN(CC)S(=O)(=O)c1ccc(NC(=O)C(C)Oc2cccc(Cl)c2)cc1. The summed E-state index contributed by atoms with van der Waals surface area (Å²) in [6.07, 6.45) is -0.748. The number of benzene rings is 2. The Balaban J connectivity index is 2.04. The van der Waals surface area contributed by atoms with E-state index >= 15 is 0 Å². The van der Waals surface area contributed by atoms with Crippen LogP contribution in [-0.2, 0) is 14.8 Å². The minimum absolute atomic E-state index is 0.187. The smallest absolute Gasteiger partial charge is 0.265 e. The van der Waals surface area contributed by atoms with Crippen molar-refractivity contribution in [3.05, 3.63) is 53.6 Å². The second kappa shape index (κ2) is 9.21. The third-order valence-electron chi connectivity index (χ3n) is 3.94. The summed E-state index contributed by atoms with van der Waals surface area (Å²) in [6, 6.07) is 12.9. The van der Waals surface area contributed by atoms with E-state index in [1.165, 1.54) is 16.4 Å². The summed E-state index contributed by atoms with van der Waals surface area (Å²) in [5, 5.41) is 3.23. The summed E-state index contributed by atoms with van der Waals surface area (Å²) in [7, 11) is -3.52. The first-order valence-electron chi connectivity index (χ1n) is 8.61. The van der Waals surface area contributed by atoms with Gasteiger partial charge in [-0.2, -0.15) is 4.31 Å². The minimum atomic E-state index is -3.52. The van der Waals surface area contributed by atoms with Crippen LogP contribution >= 0.6 is 11.6 Å². The van der Waals surface area contributed by atoms with Crippen LogP contribution in [0.2, 0.25) is 5.02 Å². The quantitative estimate of drug-likeness (QED) is 0.718. The van der Waals surface area contributed by atoms with Gasteiger partial charge in [0.15, 0.2) is 6.10 Å². The van der Waals surface area contributed by atoms with Crippen molar-refractivity contribution in [2.24, 2.45) is 0 Å². The van der Waals surface area contributed by atoms with Gasteiger partial charge in [-0.1, -0.05) is 31.5 Å². The monoisotopic (exact) mass is 410 g/mol. The van der Waals surface area contributed by atoms with Crippen molar-refractivity contribution in [3.8, 4) is 5.75 Å². The Hall–Kier alpha value is -2.09. The Kier molecular flexibility index (Phi) is 7.24. The number of amides is 1. The molecule has 1 unspecified atom stereocenters. The first-order valence-corrected chi connectivity index (χ1v) is 10.4. The molecule has 27 heavy (non-hydrogen) atoms. The summed E-state index contributed by atoms with van der Waals surface area (Å²) in [5.74, 6) is 0.139. The molecular formula is C19H23ClN2O4S. The van der Waals surface area contributed by atoms with Crippen LogP contribution in [0.5, 0.6) is 5.75 Å². The van der Waals surface area contributed by atoms with Crippen LogP contribution in [0.25, 0.3) is 0 Å². The molecule has 0 saturated heterocycles. The highest BCUT2D eigenvalue weighted by atomic mass is 35.5. The van der Waals surface area contributed by atoms with E-state index in [1.54, 1.807) is 57.2 Å². The first kappa shape index (κ1) is 21.2. The van der Waals surface area contributed by atoms with Gasteiger partial charge in [-0.3, -0.25) is 4.79 Å². The highest BCUT2D eigenvalue weighted by molar-refractivity contribution is 7.89. The van der Waals surface area contributed by atoms with Gasteiger partial charge in [0.1, 0.15) is 5.75 Å². The number of hydrogen-bond acceptors (Lipinski definition) is 4. The normalized spacial score (nSPS) is 12.6. The zero-order chi connectivity index (χ0) is 20.0. The van der Waals surface area contributed by atoms with Crippen LogP contribution in [0.1, 0.15) is 20.8 Å². The number of halogens is 1. The lowest BCUT2D eigenvalue weighted by Crippen LogP contribution is -2.31. The van der Waals surface area contributed by atoms with Gasteiger partial charge in [-0.15, -0.1) is 0 Å². The lowest BCUT2D eigenvalue weighted by molar-refractivity contribution is -0.122. The zero-order valence-corrected chi connectivity index (χ0v) is 17.0. The van der Waals surface area contributed by atoms with Gasteiger partial charge in [-0.05, 0) is 49.4 Å². The average molecular weight is 411 g/mol. The van der Waals surface area contributed by atoms with Gasteiger partial charge in [0.05, 0.1) is 4.90 Å². The Bertz CT molecular complexity index is 881. The second-order valence-corrected chi connectivity index (χ2v) is 8.19. The van der Waals surface area contributed by atoms with Crippen molar-refractivity contribution in [3.63, 3.8) is 0 Å². The predicted molar refractivity (Wildman–Crippen MR) is 107 cm³/mol. The van der Waals surface area contributed by atoms with Crippen molar-refractivity contribution >= 4 is 33.2 Å². The zero-order valence-electron chi connectivity index (χ0n) is 15.5. The summed E-state index contributed by atoms with van der Waals surface area (Å²) in [5.41, 5.74) is 0.486. The molecule has 0 radical (unpaired) electrons. The molecule has 1 atom stereocenters. The standard InChI is InChI=1S/C19H23ClN2O4S/c1-4-22(5-2)27(24,25)18-11-9-16(10-12-18)21-19(23)14(3)26-17-8-6-7-15(20)13-17/h6-14H,4-5H2,1-3H3,(H,21,23). The van der Waals surface area contributed by atoms with Crippen LogP contribution in [-0.4, -0.2) is 37.8 Å². The largest absolute Gasteiger partial charge is 0.481 e. The molecule has 0 heterocycles. The molecule has 0 bridgehead atoms. The maximum Gasteiger partial charge on any atom is 0.265 e. The summed E-state index contributed by atoms with van der Waals surface area (Å²) < 4.78 is 31.9. The van der Waals surface area contributed by atoms with Crippen molar-refractivity contribution < 1.29 is 17.9 Å². The number of hydrogen-bond donors (Lipinski definition) is 1. The van der Waals surface area contributed by atoms with Crippen molar-refractivity contribution in [1.82, 2.24) is 4.31 Å². The number of anilines is 1. The molecule has 6 nitrogen and oxygen atoms in total. The Labute approximate surface area is 165 Å². The number of nitrogens with one attached hydrogen (secondary N) is 1. The van der Waals surface area contributed by atoms with Gasteiger partial charge >= 0.3 is 0 Å². The van der Waals surface area contributed by atoms with Gasteiger partial charge in [0, 0.05) is 23.8 Å². The number of ether oxygens (including phenoxy) is 1. The number of sulfonamides is 1. The van der Waals surface area contributed by atoms with E-state index in [2.05, 4.69) is 5.32 Å². The molecule has 0 aliphatic rings. The number of rotatable bonds is 8. The molecule has 0 aromatic heterocycles. The van der Waals surface area contributed by atoms with Crippen LogP contribution in [0.4, 0.5) is 5.69 Å². The van der Waals surface area contributed by atoms with E-state index in [0.29, 0.717) is 29.5 Å². The molecule has 2 aromatic carbocycles. The van der Waals surface area contributed by atoms with E-state index in [1.807, 2.05) is 0 Å². The molecule has 2 aromatic rings. The average Bonchev–Trinajstić information content (AvgIpc) is 2.63. The molecule has 8 heteroatoms. The van der Waals surface area contributed by atoms with E-state index in [0.717, 1.165) is 0 Å². The lowest BCUT2D eigenvalue weighted by Gasteiger charge is -2.19. The molecule has 146 valence electrons. The first-order chi connectivity index (χ1) is 12.8. The van der Waals surface area contributed by atoms with Gasteiger partial charge < -0.3 is 10.1 Å². The van der Waals surface area contributed by atoms with Crippen LogP contribution in [0.3, 0.4) is 0 Å². The van der Waals surface area contributed by atoms with Crippen LogP contribution in [0, 0.1) is 0 Å². The van der Waals surface area contributed by atoms with Gasteiger partial charge in [0.2, 0.25) is 10.0 Å². The number of carbonyl (C=O) groups is 1. The predicted octanol–water partition coefficient (Wildman–Crippen LogP) is 3.78. The fourth-order valence-electron chi connectivity index (χ4n) is 2.46. The fourth-order valence-corrected chi connectivity index (χ4v) is 4.10. The van der Waals surface area contributed by atoms with E-state index in [9.17, 15) is 13.2 Å². The van der Waals surface area contributed by atoms with Crippen molar-refractivity contribution in [2.75, 3.05) is 18.4 Å². The maximum absolute atomic E-state index is 12.5. The molecule has 0 saturated carbocycles. The van der Waals surface area contributed by atoms with Crippen LogP contribution in [0.15, 0.2) is 53.4 Å². The Morgan fingerprint density at radius 3 is 2.33 bits per heavy atom. The van der Waals surface area contributed by atoms with E-state index in [-0.39, 0.29) is 10.8 Å². The molecule has 1 N–H and O–H groups in total. The molecule has 0 fully saturated rings. The summed E-state index contributed by atoms with van der Waals surface area (Å²) in [6.45, 7) is 5.99. The minimum Gasteiger partial charge on any atom is -0.481 e. The van der Waals surface area contributed by atoms with E-state index < -0.39 is 16.1 Å². The lowest BCUT2D eigenvalue weighted by atomic mass is 10.3. The fraction of sp³-hybridized carbons (Fsp3) is 0.316. The third-order valence-corrected chi connectivity index (χ3v) is 6.24. The van der Waals surface area contributed by atoms with Crippen molar-refractivity contribution in [1.29, 1.82) is 0 Å². The molecule has 1 amide bonds. The maximum atomic E-state index is 12.5. The van der Waals surface area contributed by atoms with Gasteiger partial charge in [-0.25, -0.2) is 8.42 Å². The molecule has 0 spiro atoms. The van der Waals surface area contributed by atoms with Crippen LogP contribution < -0.4 is 10.1 Å². The summed E-state index contributed by atoms with van der Waals surface area (Å²) in [4.78, 5) is 12.5. The Morgan fingerprint density at radius 2 is 1.78 bits per heavy atom. The highest BCUT2D eigenvalue weighted by Crippen LogP contribution is 2.20. The van der Waals surface area contributed by atoms with Gasteiger partial charge in [0.25, 0.3) is 5.91 Å². The third kappa shape index (κ3) is 5.45. The molecule has 0 aliphatic carbocycles. The summed E-state index contributed by atoms with van der Waals surface area (Å²) >= 11 is 5.90. The molecule has 2 rings (SSSR count). The van der Waals surface area contributed by atoms with E-state index in [4.69, 9.17) is 16.3 Å².